The Morgan fingerprint density at radius 2 is 0.958 bits per heavy atom. The van der Waals surface area contributed by atoms with E-state index in [1.165, 1.54) is 5.56 Å². The summed E-state index contributed by atoms with van der Waals surface area (Å²) >= 11 is 6.36. The van der Waals surface area contributed by atoms with Gasteiger partial charge in [0.2, 0.25) is 11.5 Å². The molecule has 16 nitrogen and oxygen atoms in total. The van der Waals surface area contributed by atoms with Crippen molar-refractivity contribution < 1.29 is 100 Å². The third kappa shape index (κ3) is 12.7. The number of hydrogen-bond donors (Lipinski definition) is 0. The van der Waals surface area contributed by atoms with Crippen molar-refractivity contribution in [3.8, 4) is 57.5 Å². The number of esters is 2. The number of fused-ring (bicyclic) bond motifs is 2. The van der Waals surface area contributed by atoms with E-state index in [0.717, 1.165) is 59.8 Å². The van der Waals surface area contributed by atoms with Crippen LogP contribution in [0.25, 0.3) is 0 Å². The molecule has 4 aromatic carbocycles. The van der Waals surface area contributed by atoms with Crippen molar-refractivity contribution in [1.29, 1.82) is 0 Å². The fraction of sp³-hybridized carbons (Fsp3) is 0.472. The topological polar surface area (TPSA) is 145 Å². The third-order valence-corrected chi connectivity index (χ3v) is 14.1. The number of methoxy groups -OCH3 is 10. The minimum atomic E-state index is -0.804. The summed E-state index contributed by atoms with van der Waals surface area (Å²) in [6, 6.07) is 15.9. The highest BCUT2D eigenvalue weighted by molar-refractivity contribution is 6.42. The number of halogens is 3. The van der Waals surface area contributed by atoms with Gasteiger partial charge in [-0.25, -0.2) is 9.59 Å². The Balaban J connectivity index is 0.00000562. The molecule has 4 aromatic rings. The fourth-order valence-electron chi connectivity index (χ4n) is 10.2. The molecular formula is C53H69Cl3N2O14. The van der Waals surface area contributed by atoms with Crippen LogP contribution >= 0.6 is 11.6 Å². The first-order valence-corrected chi connectivity index (χ1v) is 23.5. The smallest absolute Gasteiger partial charge is 0.350 e. The normalized spacial score (nSPS) is 18.9. The Kier molecular flexibility index (Phi) is 21.6. The number of benzene rings is 4. The molecule has 72 heavy (non-hydrogen) atoms. The summed E-state index contributed by atoms with van der Waals surface area (Å²) < 4.78 is 69.4. The summed E-state index contributed by atoms with van der Waals surface area (Å²) in [6.45, 7) is 3.09. The molecule has 0 amide bonds. The van der Waals surface area contributed by atoms with Crippen LogP contribution in [0.4, 0.5) is 0 Å². The van der Waals surface area contributed by atoms with Crippen molar-refractivity contribution in [2.45, 2.75) is 44.2 Å². The predicted octanol–water partition coefficient (Wildman–Crippen LogP) is 1.85. The monoisotopic (exact) mass is 1060 g/mol. The maximum absolute atomic E-state index is 13.1. The van der Waals surface area contributed by atoms with E-state index in [-0.39, 0.29) is 55.1 Å². The second-order valence-corrected chi connectivity index (χ2v) is 18.2. The lowest BCUT2D eigenvalue weighted by atomic mass is 9.85. The zero-order chi connectivity index (χ0) is 50.8. The van der Waals surface area contributed by atoms with Gasteiger partial charge in [0, 0.05) is 54.9 Å². The van der Waals surface area contributed by atoms with Crippen molar-refractivity contribution in [2.75, 3.05) is 125 Å². The summed E-state index contributed by atoms with van der Waals surface area (Å²) in [6.07, 6.45) is 4.24. The highest BCUT2D eigenvalue weighted by atomic mass is 35.5. The molecule has 0 bridgehead atoms. The van der Waals surface area contributed by atoms with Crippen LogP contribution in [0.1, 0.15) is 58.3 Å². The minimum Gasteiger partial charge on any atom is -1.00 e. The van der Waals surface area contributed by atoms with E-state index < -0.39 is 11.9 Å². The van der Waals surface area contributed by atoms with E-state index in [1.54, 1.807) is 71.1 Å². The lowest BCUT2D eigenvalue weighted by Gasteiger charge is -2.46. The minimum absolute atomic E-state index is 0. The van der Waals surface area contributed by atoms with Crippen LogP contribution < -0.4 is 72.2 Å². The van der Waals surface area contributed by atoms with Crippen LogP contribution in [0.3, 0.4) is 0 Å². The number of nitrogens with zero attached hydrogens (tertiary/aromatic N) is 2. The Labute approximate surface area is 441 Å². The largest absolute Gasteiger partial charge is 1.00 e. The van der Waals surface area contributed by atoms with Gasteiger partial charge in [0.1, 0.15) is 17.1 Å². The van der Waals surface area contributed by atoms with Gasteiger partial charge in [-0.05, 0) is 65.2 Å². The number of hydrogen-bond acceptors (Lipinski definition) is 14. The van der Waals surface area contributed by atoms with Gasteiger partial charge in [0.05, 0.1) is 125 Å². The number of carbonyl (C=O) groups excluding carboxylic acids is 2. The van der Waals surface area contributed by atoms with Crippen LogP contribution in [-0.4, -0.2) is 145 Å². The molecule has 396 valence electrons. The molecule has 0 aromatic heterocycles. The number of carbonyl (C=O) groups is 2. The second-order valence-electron chi connectivity index (χ2n) is 17.8. The lowest BCUT2D eigenvalue weighted by Crippen LogP contribution is -3.00. The van der Waals surface area contributed by atoms with Crippen molar-refractivity contribution >= 4 is 23.5 Å². The predicted molar refractivity (Wildman–Crippen MR) is 264 cm³/mol. The van der Waals surface area contributed by atoms with Gasteiger partial charge in [-0.1, -0.05) is 11.6 Å². The van der Waals surface area contributed by atoms with E-state index >= 15 is 0 Å². The first-order chi connectivity index (χ1) is 33.7. The molecule has 0 fully saturated rings. The van der Waals surface area contributed by atoms with Crippen LogP contribution in [0.15, 0.2) is 59.6 Å². The van der Waals surface area contributed by atoms with E-state index in [9.17, 15) is 9.59 Å². The SMILES string of the molecule is COc1cc2c(cc1OC)C(Cc1cc(OC)c(OC)c(OC)c1)[N+](C)(CCCOC(=O)C(Cl)=CC(=O)OCCC[N+]1(C)CCc3cc(OC)c(OC)cc3C1c1cc(OC)c(OC)c(OC)c1)CC2.[Cl-].[Cl-]. The summed E-state index contributed by atoms with van der Waals surface area (Å²) in [5.74, 6) is 4.29. The molecule has 2 heterocycles. The number of likely N-dealkylation sites (N-methyl/N-ethyl adjacent to an activating group) is 2. The maximum Gasteiger partial charge on any atom is 0.350 e. The number of rotatable bonds is 23. The van der Waals surface area contributed by atoms with Gasteiger partial charge in [0.15, 0.2) is 46.0 Å². The molecule has 6 rings (SSSR count). The molecule has 0 radical (unpaired) electrons. The average Bonchev–Trinajstić information content (AvgIpc) is 3.37. The average molecular weight is 1060 g/mol. The second kappa shape index (κ2) is 26.3. The molecule has 2 aliphatic rings. The summed E-state index contributed by atoms with van der Waals surface area (Å²) in [4.78, 5) is 26.1. The molecule has 0 saturated carbocycles. The molecule has 0 spiro atoms. The van der Waals surface area contributed by atoms with E-state index in [0.29, 0.717) is 98.8 Å². The van der Waals surface area contributed by atoms with E-state index in [1.807, 2.05) is 36.4 Å². The Bertz CT molecular complexity index is 2490. The molecule has 4 atom stereocenters. The summed E-state index contributed by atoms with van der Waals surface area (Å²) in [5.41, 5.74) is 6.47. The molecule has 2 aliphatic heterocycles. The van der Waals surface area contributed by atoms with Crippen LogP contribution in [0.2, 0.25) is 0 Å². The Morgan fingerprint density at radius 1 is 0.542 bits per heavy atom. The highest BCUT2D eigenvalue weighted by Crippen LogP contribution is 2.49. The molecular weight excluding hydrogens is 995 g/mol. The van der Waals surface area contributed by atoms with E-state index in [4.69, 9.17) is 68.4 Å². The molecule has 0 aliphatic carbocycles. The van der Waals surface area contributed by atoms with E-state index in [2.05, 4.69) is 26.2 Å². The summed E-state index contributed by atoms with van der Waals surface area (Å²) in [7, 11) is 20.5. The third-order valence-electron chi connectivity index (χ3n) is 13.8. The summed E-state index contributed by atoms with van der Waals surface area (Å²) in [5, 5.41) is -0.364. The first-order valence-electron chi connectivity index (χ1n) is 23.2. The van der Waals surface area contributed by atoms with Gasteiger partial charge >= 0.3 is 11.9 Å². The van der Waals surface area contributed by atoms with Crippen molar-refractivity contribution in [2.24, 2.45) is 0 Å². The van der Waals surface area contributed by atoms with Crippen molar-refractivity contribution in [3.05, 3.63) is 93.0 Å². The Morgan fingerprint density at radius 3 is 1.44 bits per heavy atom. The van der Waals surface area contributed by atoms with Crippen LogP contribution in [-0.2, 0) is 38.3 Å². The van der Waals surface area contributed by atoms with Crippen LogP contribution in [0.5, 0.6) is 57.5 Å². The molecule has 0 saturated heterocycles. The van der Waals surface area contributed by atoms with Gasteiger partial charge in [-0.15, -0.1) is 0 Å². The van der Waals surface area contributed by atoms with Gasteiger partial charge in [0.25, 0.3) is 0 Å². The fourth-order valence-corrected chi connectivity index (χ4v) is 10.3. The first kappa shape index (κ1) is 58.9. The molecule has 19 heteroatoms. The Hall–Kier alpha value is -5.65. The zero-order valence-corrected chi connectivity index (χ0v) is 45.6. The van der Waals surface area contributed by atoms with Gasteiger partial charge in [-0.2, -0.15) is 0 Å². The van der Waals surface area contributed by atoms with Crippen molar-refractivity contribution in [3.63, 3.8) is 0 Å². The maximum atomic E-state index is 13.1. The quantitative estimate of drug-likeness (QED) is 0.0462. The highest BCUT2D eigenvalue weighted by Gasteiger charge is 2.43. The van der Waals surface area contributed by atoms with Gasteiger partial charge in [-0.3, -0.25) is 0 Å². The zero-order valence-electron chi connectivity index (χ0n) is 43.4. The van der Waals surface area contributed by atoms with Crippen molar-refractivity contribution in [1.82, 2.24) is 0 Å². The molecule has 0 N–H and O–H groups in total. The number of quaternary nitrogens is 2. The lowest BCUT2D eigenvalue weighted by molar-refractivity contribution is -0.941. The standard InChI is InChI=1S/C53H69ClN2O14.2ClH/c1-55(19-15-34-26-41(59-3)43(61-5)30-37(34)40(55)23-33-24-45(63-7)51(67-11)46(25-33)64-8)17-13-22-70-53(58)39(54)32-49(57)69-21-14-18-56(2)20-16-35-27-42(60-4)44(62-6)31-38(35)50(56)36-28-47(65-9)52(68-12)48(29-36)66-10;;/h24-32,40,50H,13-23H2,1-12H3;2*1H/q+2;;/p-2. The molecule has 4 unspecified atom stereocenters. The van der Waals surface area contributed by atoms with Crippen LogP contribution in [0, 0.1) is 0 Å². The van der Waals surface area contributed by atoms with Gasteiger partial charge < -0.3 is 90.6 Å². The number of ether oxygens (including phenoxy) is 12.